The largest absolute Gasteiger partial charge is 0.375 e. The number of aromatic nitrogens is 2. The van der Waals surface area contributed by atoms with Gasteiger partial charge in [-0.1, -0.05) is 0 Å². The van der Waals surface area contributed by atoms with Crippen LogP contribution < -0.4 is 16.6 Å². The standard InChI is InChI=1S/C6H7N5O4/c7-6-9-4(8-1-2-12)3(11(14)15)5(13)10-6/h2H,1H2,(H4,7,8,9,10,13). The summed E-state index contributed by atoms with van der Waals surface area (Å²) in [6.07, 6.45) is 0.475. The zero-order valence-corrected chi connectivity index (χ0v) is 7.39. The average Bonchev–Trinajstić information content (AvgIpc) is 2.12. The van der Waals surface area contributed by atoms with Crippen molar-refractivity contribution in [3.63, 3.8) is 0 Å². The fourth-order valence-electron chi connectivity index (χ4n) is 0.915. The number of nitrogen functional groups attached to an aromatic ring is 1. The number of hydrogen-bond acceptors (Lipinski definition) is 7. The quantitative estimate of drug-likeness (QED) is 0.326. The predicted octanol–water partition coefficient (Wildman–Crippen LogP) is -1.13. The molecule has 0 unspecified atom stereocenters. The Labute approximate surface area is 82.5 Å². The van der Waals surface area contributed by atoms with Crippen LogP contribution in [-0.2, 0) is 4.79 Å². The maximum atomic E-state index is 11.1. The highest BCUT2D eigenvalue weighted by molar-refractivity contribution is 5.63. The lowest BCUT2D eigenvalue weighted by Crippen LogP contribution is -2.19. The summed E-state index contributed by atoms with van der Waals surface area (Å²) in [6.45, 7) is -0.198. The first-order valence-corrected chi connectivity index (χ1v) is 3.78. The summed E-state index contributed by atoms with van der Waals surface area (Å²) in [5.41, 5.74) is 3.44. The zero-order chi connectivity index (χ0) is 11.4. The number of carbonyl (C=O) groups is 1. The van der Waals surface area contributed by atoms with Crippen molar-refractivity contribution in [2.75, 3.05) is 17.6 Å². The Morgan fingerprint density at radius 2 is 2.33 bits per heavy atom. The van der Waals surface area contributed by atoms with Crippen molar-refractivity contribution in [1.82, 2.24) is 9.97 Å². The van der Waals surface area contributed by atoms with Crippen molar-refractivity contribution in [2.45, 2.75) is 0 Å². The molecule has 0 spiro atoms. The van der Waals surface area contributed by atoms with Gasteiger partial charge in [0, 0.05) is 0 Å². The number of nitrogens with zero attached hydrogens (tertiary/aromatic N) is 2. The minimum Gasteiger partial charge on any atom is -0.369 e. The van der Waals surface area contributed by atoms with Crippen LogP contribution in [0.4, 0.5) is 17.5 Å². The molecule has 1 rings (SSSR count). The molecule has 0 saturated heterocycles. The van der Waals surface area contributed by atoms with Crippen LogP contribution in [0.15, 0.2) is 4.79 Å². The smallest absolute Gasteiger partial charge is 0.369 e. The lowest BCUT2D eigenvalue weighted by molar-refractivity contribution is -0.385. The van der Waals surface area contributed by atoms with Crippen LogP contribution in [0.3, 0.4) is 0 Å². The number of anilines is 2. The minimum absolute atomic E-state index is 0.198. The topological polar surface area (TPSA) is 144 Å². The van der Waals surface area contributed by atoms with E-state index in [1.54, 1.807) is 0 Å². The second-order valence-corrected chi connectivity index (χ2v) is 2.45. The van der Waals surface area contributed by atoms with E-state index in [9.17, 15) is 19.7 Å². The molecular weight excluding hydrogens is 206 g/mol. The number of carbonyl (C=O) groups excluding carboxylic acids is 1. The van der Waals surface area contributed by atoms with Crippen LogP contribution in [0.2, 0.25) is 0 Å². The number of rotatable bonds is 4. The Morgan fingerprint density at radius 1 is 1.67 bits per heavy atom. The second kappa shape index (κ2) is 4.17. The van der Waals surface area contributed by atoms with Gasteiger partial charge in [0.2, 0.25) is 11.8 Å². The second-order valence-electron chi connectivity index (χ2n) is 2.45. The Balaban J connectivity index is 3.26. The summed E-state index contributed by atoms with van der Waals surface area (Å²) in [5, 5.41) is 12.8. The third-order valence-corrected chi connectivity index (χ3v) is 1.45. The maximum absolute atomic E-state index is 11.1. The van der Waals surface area contributed by atoms with Crippen molar-refractivity contribution in [3.8, 4) is 0 Å². The number of aldehydes is 1. The minimum atomic E-state index is -0.971. The molecule has 1 aromatic heterocycles. The van der Waals surface area contributed by atoms with Gasteiger partial charge in [0.05, 0.1) is 11.5 Å². The SMILES string of the molecule is Nc1nc(NCC=O)c([N+](=O)[O-])c(=O)[nH]1. The number of H-pyrrole nitrogens is 1. The Hall–Kier alpha value is -2.45. The molecule has 0 fully saturated rings. The fourth-order valence-corrected chi connectivity index (χ4v) is 0.915. The van der Waals surface area contributed by atoms with E-state index in [-0.39, 0.29) is 18.3 Å². The lowest BCUT2D eigenvalue weighted by Gasteiger charge is -2.02. The highest BCUT2D eigenvalue weighted by Gasteiger charge is 2.21. The molecule has 0 bridgehead atoms. The summed E-state index contributed by atoms with van der Waals surface area (Å²) >= 11 is 0. The van der Waals surface area contributed by atoms with Gasteiger partial charge in [-0.25, -0.2) is 0 Å². The number of nitrogens with two attached hydrogens (primary N) is 1. The van der Waals surface area contributed by atoms with Crippen molar-refractivity contribution in [2.24, 2.45) is 0 Å². The van der Waals surface area contributed by atoms with E-state index >= 15 is 0 Å². The third-order valence-electron chi connectivity index (χ3n) is 1.45. The van der Waals surface area contributed by atoms with Gasteiger partial charge in [-0.15, -0.1) is 0 Å². The van der Waals surface area contributed by atoms with Crippen molar-refractivity contribution in [3.05, 3.63) is 20.5 Å². The molecule has 4 N–H and O–H groups in total. The van der Waals surface area contributed by atoms with Gasteiger partial charge in [0.15, 0.2) is 0 Å². The maximum Gasteiger partial charge on any atom is 0.375 e. The van der Waals surface area contributed by atoms with E-state index in [4.69, 9.17) is 5.73 Å². The number of nitro groups is 1. The molecule has 0 aliphatic rings. The number of hydrogen-bond donors (Lipinski definition) is 3. The van der Waals surface area contributed by atoms with E-state index in [2.05, 4.69) is 10.3 Å². The highest BCUT2D eigenvalue weighted by Crippen LogP contribution is 2.15. The summed E-state index contributed by atoms with van der Waals surface area (Å²) in [4.78, 5) is 36.2. The zero-order valence-electron chi connectivity index (χ0n) is 7.39. The van der Waals surface area contributed by atoms with Gasteiger partial charge >= 0.3 is 11.2 Å². The molecule has 0 aliphatic carbocycles. The first-order valence-electron chi connectivity index (χ1n) is 3.78. The predicted molar refractivity (Wildman–Crippen MR) is 50.5 cm³/mol. The van der Waals surface area contributed by atoms with Crippen molar-refractivity contribution in [1.29, 1.82) is 0 Å². The van der Waals surface area contributed by atoms with E-state index in [1.807, 2.05) is 4.98 Å². The normalized spacial score (nSPS) is 9.60. The number of aromatic amines is 1. The van der Waals surface area contributed by atoms with Crippen LogP contribution in [0.5, 0.6) is 0 Å². The molecule has 1 aromatic rings. The van der Waals surface area contributed by atoms with Gasteiger partial charge in [-0.2, -0.15) is 4.98 Å². The fraction of sp³-hybridized carbons (Fsp3) is 0.167. The molecule has 0 amide bonds. The van der Waals surface area contributed by atoms with Crippen LogP contribution in [-0.4, -0.2) is 27.7 Å². The monoisotopic (exact) mass is 213 g/mol. The van der Waals surface area contributed by atoms with E-state index in [0.29, 0.717) is 6.29 Å². The van der Waals surface area contributed by atoms with Crippen molar-refractivity contribution >= 4 is 23.7 Å². The van der Waals surface area contributed by atoms with Crippen LogP contribution in [0, 0.1) is 10.1 Å². The van der Waals surface area contributed by atoms with Crippen LogP contribution in [0.25, 0.3) is 0 Å². The Bertz CT molecular complexity index is 453. The van der Waals surface area contributed by atoms with Gasteiger partial charge in [0.1, 0.15) is 6.29 Å². The summed E-state index contributed by atoms with van der Waals surface area (Å²) in [5.74, 6) is -0.590. The van der Waals surface area contributed by atoms with Crippen LogP contribution >= 0.6 is 0 Å². The Morgan fingerprint density at radius 3 is 2.87 bits per heavy atom. The first kappa shape index (κ1) is 10.6. The van der Waals surface area contributed by atoms with E-state index < -0.39 is 16.2 Å². The van der Waals surface area contributed by atoms with Gasteiger partial charge in [0.25, 0.3) is 0 Å². The average molecular weight is 213 g/mol. The van der Waals surface area contributed by atoms with Crippen molar-refractivity contribution < 1.29 is 9.72 Å². The molecule has 0 saturated carbocycles. The summed E-state index contributed by atoms with van der Waals surface area (Å²) in [6, 6.07) is 0. The third kappa shape index (κ3) is 2.27. The molecule has 0 atom stereocenters. The molecule has 0 radical (unpaired) electrons. The first-order chi connectivity index (χ1) is 7.06. The highest BCUT2D eigenvalue weighted by atomic mass is 16.6. The van der Waals surface area contributed by atoms with Crippen LogP contribution in [0.1, 0.15) is 0 Å². The molecule has 1 heterocycles. The molecule has 0 aromatic carbocycles. The van der Waals surface area contributed by atoms with Gasteiger partial charge in [-0.05, 0) is 0 Å². The molecule has 80 valence electrons. The number of nitrogens with one attached hydrogen (secondary N) is 2. The molecular formula is C6H7N5O4. The molecule has 9 nitrogen and oxygen atoms in total. The summed E-state index contributed by atoms with van der Waals surface area (Å²) in [7, 11) is 0. The Kier molecular flexibility index (Phi) is 2.96. The molecule has 0 aliphatic heterocycles. The molecule has 9 heteroatoms. The molecule has 15 heavy (non-hydrogen) atoms. The lowest BCUT2D eigenvalue weighted by atomic mass is 10.4. The van der Waals surface area contributed by atoms with Gasteiger partial charge in [-0.3, -0.25) is 19.9 Å². The van der Waals surface area contributed by atoms with Gasteiger partial charge < -0.3 is 15.8 Å². The van der Waals surface area contributed by atoms with E-state index in [0.717, 1.165) is 0 Å². The van der Waals surface area contributed by atoms with E-state index in [1.165, 1.54) is 0 Å². The summed E-state index contributed by atoms with van der Waals surface area (Å²) < 4.78 is 0.